The molecule has 1 saturated heterocycles. The third-order valence-corrected chi connectivity index (χ3v) is 6.69. The van der Waals surface area contributed by atoms with Gasteiger partial charge in [-0.2, -0.15) is 9.41 Å². The highest BCUT2D eigenvalue weighted by Gasteiger charge is 2.30. The van der Waals surface area contributed by atoms with E-state index in [4.69, 9.17) is 4.74 Å². The molecule has 0 spiro atoms. The van der Waals surface area contributed by atoms with Crippen molar-refractivity contribution in [2.24, 2.45) is 5.10 Å². The number of nitro groups is 1. The lowest BCUT2D eigenvalue weighted by Gasteiger charge is -2.26. The van der Waals surface area contributed by atoms with Gasteiger partial charge < -0.3 is 4.74 Å². The fraction of sp³-hybridized carbons (Fsp3) is 0.235. The molecule has 148 valence electrons. The second kappa shape index (κ2) is 8.94. The SMILES string of the molecule is O=[N+]([O-])c1ccc(N/N=C/c2ccc(I)cc2)c(S(=O)(=O)N2CCOCC2)c1. The minimum Gasteiger partial charge on any atom is -0.379 e. The van der Waals surface area contributed by atoms with Gasteiger partial charge in [-0.25, -0.2) is 8.42 Å². The van der Waals surface area contributed by atoms with Crippen molar-refractivity contribution in [2.45, 2.75) is 4.90 Å². The minimum atomic E-state index is -3.94. The molecule has 0 bridgehead atoms. The molecular weight excluding hydrogens is 499 g/mol. The maximum absolute atomic E-state index is 13.0. The highest BCUT2D eigenvalue weighted by Crippen LogP contribution is 2.29. The molecule has 0 atom stereocenters. The third kappa shape index (κ3) is 4.84. The molecular formula is C17H17IN4O5S. The lowest BCUT2D eigenvalue weighted by molar-refractivity contribution is -0.385. The van der Waals surface area contributed by atoms with Crippen LogP contribution in [-0.2, 0) is 14.8 Å². The van der Waals surface area contributed by atoms with Crippen molar-refractivity contribution in [1.29, 1.82) is 0 Å². The van der Waals surface area contributed by atoms with Crippen molar-refractivity contribution in [3.8, 4) is 0 Å². The van der Waals surface area contributed by atoms with Crippen LogP contribution >= 0.6 is 22.6 Å². The van der Waals surface area contributed by atoms with E-state index in [1.54, 1.807) is 6.21 Å². The number of morpholine rings is 1. The van der Waals surface area contributed by atoms with Crippen molar-refractivity contribution < 1.29 is 18.1 Å². The van der Waals surface area contributed by atoms with Crippen LogP contribution in [0.15, 0.2) is 52.5 Å². The average molecular weight is 516 g/mol. The number of non-ortho nitro benzene ring substituents is 1. The van der Waals surface area contributed by atoms with Gasteiger partial charge in [0.1, 0.15) is 4.90 Å². The molecule has 0 unspecified atom stereocenters. The molecule has 0 radical (unpaired) electrons. The fourth-order valence-electron chi connectivity index (χ4n) is 2.58. The standard InChI is InChI=1S/C17H17IN4O5S/c18-14-3-1-13(2-4-14)12-19-20-16-6-5-15(22(23)24)11-17(16)28(25,26)21-7-9-27-10-8-21/h1-6,11-12,20H,7-10H2/b19-12+. The van der Waals surface area contributed by atoms with E-state index in [0.29, 0.717) is 0 Å². The fourth-order valence-corrected chi connectivity index (χ4v) is 4.51. The molecule has 0 saturated carbocycles. The lowest BCUT2D eigenvalue weighted by atomic mass is 10.2. The first-order chi connectivity index (χ1) is 13.4. The lowest BCUT2D eigenvalue weighted by Crippen LogP contribution is -2.40. The van der Waals surface area contributed by atoms with Crippen molar-refractivity contribution in [1.82, 2.24) is 4.31 Å². The van der Waals surface area contributed by atoms with E-state index < -0.39 is 14.9 Å². The van der Waals surface area contributed by atoms with Gasteiger partial charge in [0, 0.05) is 28.8 Å². The summed E-state index contributed by atoms with van der Waals surface area (Å²) in [7, 11) is -3.94. The zero-order chi connectivity index (χ0) is 20.1. The maximum Gasteiger partial charge on any atom is 0.270 e. The summed E-state index contributed by atoms with van der Waals surface area (Å²) >= 11 is 2.19. The smallest absolute Gasteiger partial charge is 0.270 e. The van der Waals surface area contributed by atoms with Gasteiger partial charge in [0.15, 0.2) is 0 Å². The van der Waals surface area contributed by atoms with Crippen LogP contribution in [0.25, 0.3) is 0 Å². The second-order valence-electron chi connectivity index (χ2n) is 5.88. The number of hydrogen-bond acceptors (Lipinski definition) is 7. The van der Waals surface area contributed by atoms with Gasteiger partial charge >= 0.3 is 0 Å². The van der Waals surface area contributed by atoms with E-state index in [0.717, 1.165) is 15.2 Å². The molecule has 1 fully saturated rings. The average Bonchev–Trinajstić information content (AvgIpc) is 2.70. The summed E-state index contributed by atoms with van der Waals surface area (Å²) < 4.78 is 33.5. The van der Waals surface area contributed by atoms with Gasteiger partial charge in [-0.05, 0) is 46.4 Å². The Morgan fingerprint density at radius 1 is 1.18 bits per heavy atom. The molecule has 9 nitrogen and oxygen atoms in total. The first kappa shape index (κ1) is 20.6. The van der Waals surface area contributed by atoms with E-state index in [2.05, 4.69) is 33.1 Å². The van der Waals surface area contributed by atoms with E-state index >= 15 is 0 Å². The third-order valence-electron chi connectivity index (χ3n) is 4.03. The van der Waals surface area contributed by atoms with Crippen molar-refractivity contribution in [3.63, 3.8) is 0 Å². The Morgan fingerprint density at radius 3 is 2.50 bits per heavy atom. The number of hydrogen-bond donors (Lipinski definition) is 1. The monoisotopic (exact) mass is 516 g/mol. The molecule has 1 heterocycles. The first-order valence-corrected chi connectivity index (χ1v) is 10.8. The minimum absolute atomic E-state index is 0.166. The number of sulfonamides is 1. The summed E-state index contributed by atoms with van der Waals surface area (Å²) in [6, 6.07) is 11.2. The summed E-state index contributed by atoms with van der Waals surface area (Å²) in [5.41, 5.74) is 3.38. The Kier molecular flexibility index (Phi) is 6.59. The number of nitrogens with one attached hydrogen (secondary N) is 1. The predicted molar refractivity (Wildman–Crippen MR) is 113 cm³/mol. The molecule has 1 aliphatic rings. The highest BCUT2D eigenvalue weighted by molar-refractivity contribution is 14.1. The van der Waals surface area contributed by atoms with Crippen molar-refractivity contribution in [3.05, 3.63) is 61.7 Å². The Morgan fingerprint density at radius 2 is 1.86 bits per heavy atom. The van der Waals surface area contributed by atoms with Gasteiger partial charge in [-0.15, -0.1) is 0 Å². The molecule has 0 aliphatic carbocycles. The van der Waals surface area contributed by atoms with E-state index in [-0.39, 0.29) is 42.6 Å². The number of hydrazone groups is 1. The summed E-state index contributed by atoms with van der Waals surface area (Å²) in [6.45, 7) is 0.941. The number of nitrogens with zero attached hydrogens (tertiary/aromatic N) is 3. The molecule has 1 aliphatic heterocycles. The Hall–Kier alpha value is -2.09. The first-order valence-electron chi connectivity index (χ1n) is 8.29. The molecule has 28 heavy (non-hydrogen) atoms. The summed E-state index contributed by atoms with van der Waals surface area (Å²) in [4.78, 5) is 10.3. The molecule has 1 N–H and O–H groups in total. The number of halogens is 1. The van der Waals surface area contributed by atoms with Crippen LogP contribution < -0.4 is 5.43 Å². The van der Waals surface area contributed by atoms with Crippen molar-refractivity contribution >= 4 is 50.2 Å². The van der Waals surface area contributed by atoms with E-state index in [1.807, 2.05) is 24.3 Å². The molecule has 0 amide bonds. The summed E-state index contributed by atoms with van der Waals surface area (Å²) in [5.74, 6) is 0. The van der Waals surface area contributed by atoms with Crippen LogP contribution in [0.2, 0.25) is 0 Å². The van der Waals surface area contributed by atoms with Gasteiger partial charge in [-0.1, -0.05) is 12.1 Å². The van der Waals surface area contributed by atoms with Crippen LogP contribution in [0.1, 0.15) is 5.56 Å². The second-order valence-corrected chi connectivity index (χ2v) is 9.03. The van der Waals surface area contributed by atoms with Gasteiger partial charge in [0.25, 0.3) is 5.69 Å². The zero-order valence-electron chi connectivity index (χ0n) is 14.6. The molecule has 0 aromatic heterocycles. The summed E-state index contributed by atoms with van der Waals surface area (Å²) in [6.07, 6.45) is 1.54. The number of benzene rings is 2. The normalized spacial score (nSPS) is 15.6. The molecule has 11 heteroatoms. The number of nitro benzene ring substituents is 1. The number of rotatable bonds is 6. The predicted octanol–water partition coefficient (Wildman–Crippen LogP) is 2.67. The Bertz CT molecular complexity index is 989. The van der Waals surface area contributed by atoms with E-state index in [1.165, 1.54) is 16.4 Å². The summed E-state index contributed by atoms with van der Waals surface area (Å²) in [5, 5.41) is 15.2. The van der Waals surface area contributed by atoms with Crippen LogP contribution in [-0.4, -0.2) is 50.2 Å². The molecule has 2 aromatic rings. The molecule has 2 aromatic carbocycles. The van der Waals surface area contributed by atoms with Crippen LogP contribution in [0.3, 0.4) is 0 Å². The topological polar surface area (TPSA) is 114 Å². The molecule has 3 rings (SSSR count). The Balaban J connectivity index is 1.91. The quantitative estimate of drug-likeness (QED) is 0.273. The van der Waals surface area contributed by atoms with E-state index in [9.17, 15) is 18.5 Å². The van der Waals surface area contributed by atoms with Crippen LogP contribution in [0, 0.1) is 13.7 Å². The largest absolute Gasteiger partial charge is 0.379 e. The van der Waals surface area contributed by atoms with Gasteiger partial charge in [0.05, 0.1) is 30.0 Å². The van der Waals surface area contributed by atoms with Gasteiger partial charge in [0.2, 0.25) is 10.0 Å². The van der Waals surface area contributed by atoms with Crippen LogP contribution in [0.5, 0.6) is 0 Å². The number of ether oxygens (including phenoxy) is 1. The van der Waals surface area contributed by atoms with Crippen LogP contribution in [0.4, 0.5) is 11.4 Å². The van der Waals surface area contributed by atoms with Gasteiger partial charge in [-0.3, -0.25) is 15.5 Å². The number of anilines is 1. The van der Waals surface area contributed by atoms with Crippen molar-refractivity contribution in [2.75, 3.05) is 31.7 Å². The Labute approximate surface area is 175 Å². The maximum atomic E-state index is 13.0. The highest BCUT2D eigenvalue weighted by atomic mass is 127. The zero-order valence-corrected chi connectivity index (χ0v) is 17.6.